The van der Waals surface area contributed by atoms with Gasteiger partial charge in [-0.05, 0) is 67.5 Å². The number of aromatic hydroxyl groups is 1. The number of phenolic OH excluding ortho intramolecular Hbond substituents is 1. The number of aromatic nitrogens is 1. The predicted molar refractivity (Wildman–Crippen MR) is 108 cm³/mol. The second-order valence-electron chi connectivity index (χ2n) is 8.71. The zero-order chi connectivity index (χ0) is 20.0. The molecule has 6 heteroatoms. The Morgan fingerprint density at radius 3 is 2.48 bits per heavy atom. The van der Waals surface area contributed by atoms with Crippen molar-refractivity contribution in [3.05, 3.63) is 29.5 Å². The van der Waals surface area contributed by atoms with Gasteiger partial charge >= 0.3 is 5.97 Å². The number of carboxylic acids is 1. The number of pyridine rings is 1. The molecule has 6 nitrogen and oxygen atoms in total. The molecule has 29 heavy (non-hydrogen) atoms. The first-order valence-electron chi connectivity index (χ1n) is 10.7. The van der Waals surface area contributed by atoms with Crippen LogP contribution in [0.2, 0.25) is 0 Å². The second kappa shape index (κ2) is 7.48. The molecule has 0 unspecified atom stereocenters. The Kier molecular flexibility index (Phi) is 4.82. The average molecular weight is 397 g/mol. The van der Waals surface area contributed by atoms with E-state index in [1.807, 2.05) is 6.07 Å². The lowest BCUT2D eigenvalue weighted by Gasteiger charge is -2.35. The van der Waals surface area contributed by atoms with E-state index < -0.39 is 5.97 Å². The SMILES string of the molecule is O=C(O)[C@H]1C[C@H](Oc2nc(C3CCOCC3)c(C3CCC3)c3ccc(O)cc23)C1. The van der Waals surface area contributed by atoms with Crippen molar-refractivity contribution < 1.29 is 24.5 Å². The molecule has 5 rings (SSSR count). The van der Waals surface area contributed by atoms with E-state index in [0.29, 0.717) is 30.6 Å². The van der Waals surface area contributed by atoms with Gasteiger partial charge in [-0.2, -0.15) is 0 Å². The zero-order valence-corrected chi connectivity index (χ0v) is 16.5. The Morgan fingerprint density at radius 1 is 1.07 bits per heavy atom. The van der Waals surface area contributed by atoms with Crippen LogP contribution in [0.25, 0.3) is 10.8 Å². The Morgan fingerprint density at radius 2 is 1.83 bits per heavy atom. The summed E-state index contributed by atoms with van der Waals surface area (Å²) in [5.41, 5.74) is 2.45. The van der Waals surface area contributed by atoms with Crippen LogP contribution in [-0.2, 0) is 9.53 Å². The summed E-state index contributed by atoms with van der Waals surface area (Å²) in [5, 5.41) is 21.2. The van der Waals surface area contributed by atoms with Crippen LogP contribution in [0.1, 0.15) is 68.0 Å². The van der Waals surface area contributed by atoms with Gasteiger partial charge in [0.15, 0.2) is 0 Å². The Balaban J connectivity index is 1.57. The van der Waals surface area contributed by atoms with Gasteiger partial charge in [0.1, 0.15) is 11.9 Å². The molecule has 2 heterocycles. The Labute approximate surface area is 169 Å². The maximum Gasteiger partial charge on any atom is 0.306 e. The third-order valence-corrected chi connectivity index (χ3v) is 6.87. The zero-order valence-electron chi connectivity index (χ0n) is 16.5. The molecule has 3 fully saturated rings. The fourth-order valence-electron chi connectivity index (χ4n) is 4.83. The number of rotatable bonds is 5. The van der Waals surface area contributed by atoms with Crippen molar-refractivity contribution in [1.29, 1.82) is 0 Å². The van der Waals surface area contributed by atoms with Crippen LogP contribution >= 0.6 is 0 Å². The van der Waals surface area contributed by atoms with Crippen molar-refractivity contribution in [3.63, 3.8) is 0 Å². The van der Waals surface area contributed by atoms with E-state index >= 15 is 0 Å². The van der Waals surface area contributed by atoms with Crippen LogP contribution in [0.15, 0.2) is 18.2 Å². The Hall–Kier alpha value is -2.34. The monoisotopic (exact) mass is 397 g/mol. The molecule has 2 N–H and O–H groups in total. The van der Waals surface area contributed by atoms with E-state index in [1.54, 1.807) is 12.1 Å². The van der Waals surface area contributed by atoms with Crippen molar-refractivity contribution in [3.8, 4) is 11.6 Å². The quantitative estimate of drug-likeness (QED) is 0.780. The first-order chi connectivity index (χ1) is 14.1. The number of benzene rings is 1. The highest BCUT2D eigenvalue weighted by molar-refractivity contribution is 5.92. The van der Waals surface area contributed by atoms with E-state index in [-0.39, 0.29) is 17.8 Å². The molecular weight excluding hydrogens is 370 g/mol. The molecule has 1 aromatic heterocycles. The molecule has 0 spiro atoms. The molecule has 2 saturated carbocycles. The van der Waals surface area contributed by atoms with Gasteiger partial charge in [0, 0.05) is 24.5 Å². The van der Waals surface area contributed by atoms with Crippen molar-refractivity contribution >= 4 is 16.7 Å². The molecule has 0 amide bonds. The fraction of sp³-hybridized carbons (Fsp3) is 0.565. The predicted octanol–water partition coefficient (Wildman–Crippen LogP) is 4.34. The van der Waals surface area contributed by atoms with Gasteiger partial charge in [-0.15, -0.1) is 0 Å². The van der Waals surface area contributed by atoms with Gasteiger partial charge in [-0.3, -0.25) is 4.79 Å². The lowest BCUT2D eigenvalue weighted by atomic mass is 9.75. The largest absolute Gasteiger partial charge is 0.508 e. The lowest BCUT2D eigenvalue weighted by molar-refractivity contribution is -0.148. The number of fused-ring (bicyclic) bond motifs is 1. The van der Waals surface area contributed by atoms with E-state index in [4.69, 9.17) is 19.6 Å². The number of phenols is 1. The summed E-state index contributed by atoms with van der Waals surface area (Å²) in [6, 6.07) is 5.48. The van der Waals surface area contributed by atoms with Crippen molar-refractivity contribution in [2.24, 2.45) is 5.92 Å². The molecule has 1 aliphatic heterocycles. The first kappa shape index (κ1) is 18.7. The summed E-state index contributed by atoms with van der Waals surface area (Å²) in [7, 11) is 0. The average Bonchev–Trinajstić information content (AvgIpc) is 2.64. The normalized spacial score (nSPS) is 25.4. The standard InChI is InChI=1S/C23H27NO5/c25-16-4-5-18-19(12-16)22(29-17-10-15(11-17)23(26)27)24-21(14-6-8-28-9-7-14)20(18)13-2-1-3-13/h4-5,12-15,17,25H,1-3,6-11H2,(H,26,27)/t15-,17-. The van der Waals surface area contributed by atoms with Gasteiger partial charge in [0.05, 0.1) is 11.6 Å². The topological polar surface area (TPSA) is 88.9 Å². The van der Waals surface area contributed by atoms with Gasteiger partial charge in [0.2, 0.25) is 5.88 Å². The summed E-state index contributed by atoms with van der Waals surface area (Å²) in [4.78, 5) is 16.2. The first-order valence-corrected chi connectivity index (χ1v) is 10.7. The van der Waals surface area contributed by atoms with Gasteiger partial charge in [-0.1, -0.05) is 12.5 Å². The molecule has 0 bridgehead atoms. The molecule has 2 aliphatic carbocycles. The third-order valence-electron chi connectivity index (χ3n) is 6.87. The number of carbonyl (C=O) groups is 1. The van der Waals surface area contributed by atoms with Crippen molar-refractivity contribution in [2.45, 2.75) is 62.9 Å². The number of aliphatic carboxylic acids is 1. The number of ether oxygens (including phenoxy) is 2. The highest BCUT2D eigenvalue weighted by Crippen LogP contribution is 2.47. The second-order valence-corrected chi connectivity index (χ2v) is 8.71. The van der Waals surface area contributed by atoms with E-state index in [2.05, 4.69) is 0 Å². The van der Waals surface area contributed by atoms with Crippen molar-refractivity contribution in [1.82, 2.24) is 4.98 Å². The Bertz CT molecular complexity index is 927. The number of carboxylic acid groups (broad SMARTS) is 1. The molecular formula is C23H27NO5. The smallest absolute Gasteiger partial charge is 0.306 e. The molecule has 3 aliphatic rings. The molecule has 2 aromatic rings. The highest BCUT2D eigenvalue weighted by Gasteiger charge is 2.37. The molecule has 0 atom stereocenters. The van der Waals surface area contributed by atoms with E-state index in [0.717, 1.165) is 42.5 Å². The summed E-state index contributed by atoms with van der Waals surface area (Å²) in [6.07, 6.45) is 6.40. The summed E-state index contributed by atoms with van der Waals surface area (Å²) in [6.45, 7) is 1.51. The summed E-state index contributed by atoms with van der Waals surface area (Å²) >= 11 is 0. The summed E-state index contributed by atoms with van der Waals surface area (Å²) in [5.74, 6) is 0.510. The van der Waals surface area contributed by atoms with Crippen molar-refractivity contribution in [2.75, 3.05) is 13.2 Å². The molecule has 1 saturated heterocycles. The van der Waals surface area contributed by atoms with Gasteiger partial charge in [-0.25, -0.2) is 4.98 Å². The minimum Gasteiger partial charge on any atom is -0.508 e. The third kappa shape index (κ3) is 3.44. The van der Waals surface area contributed by atoms with Gasteiger partial charge in [0.25, 0.3) is 0 Å². The fourth-order valence-corrected chi connectivity index (χ4v) is 4.83. The maximum absolute atomic E-state index is 11.1. The number of hydrogen-bond acceptors (Lipinski definition) is 5. The molecule has 0 radical (unpaired) electrons. The summed E-state index contributed by atoms with van der Waals surface area (Å²) < 4.78 is 11.8. The highest BCUT2D eigenvalue weighted by atomic mass is 16.5. The minimum atomic E-state index is -0.761. The van der Waals surface area contributed by atoms with Crippen LogP contribution in [0.5, 0.6) is 11.6 Å². The van der Waals surface area contributed by atoms with Gasteiger partial charge < -0.3 is 19.7 Å². The molecule has 154 valence electrons. The minimum absolute atomic E-state index is 0.133. The lowest BCUT2D eigenvalue weighted by Crippen LogP contribution is -2.38. The maximum atomic E-state index is 11.1. The van der Waals surface area contributed by atoms with E-state index in [1.165, 1.54) is 24.8 Å². The van der Waals surface area contributed by atoms with Crippen LogP contribution in [-0.4, -0.2) is 40.5 Å². The van der Waals surface area contributed by atoms with Crippen LogP contribution < -0.4 is 4.74 Å². The molecule has 1 aromatic carbocycles. The number of nitrogens with zero attached hydrogens (tertiary/aromatic N) is 1. The van der Waals surface area contributed by atoms with Crippen LogP contribution in [0, 0.1) is 5.92 Å². The van der Waals surface area contributed by atoms with Crippen LogP contribution in [0.3, 0.4) is 0 Å². The van der Waals surface area contributed by atoms with E-state index in [9.17, 15) is 9.90 Å². The number of hydrogen-bond donors (Lipinski definition) is 2. The van der Waals surface area contributed by atoms with Crippen LogP contribution in [0.4, 0.5) is 0 Å².